The number of anilines is 1. The molecular weight excluding hydrogens is 453 g/mol. The molecule has 11 heteroatoms. The van der Waals surface area contributed by atoms with Gasteiger partial charge in [-0.05, 0) is 31.4 Å². The van der Waals surface area contributed by atoms with Crippen LogP contribution in [0.1, 0.15) is 35.7 Å². The molecule has 2 fully saturated rings. The number of ether oxygens (including phenoxy) is 1. The summed E-state index contributed by atoms with van der Waals surface area (Å²) in [4.78, 5) is 22.3. The van der Waals surface area contributed by atoms with Crippen molar-refractivity contribution in [3.05, 3.63) is 42.4 Å². The van der Waals surface area contributed by atoms with Crippen molar-refractivity contribution in [3.63, 3.8) is 0 Å². The molecule has 182 valence electrons. The molecule has 6 rings (SSSR count). The fourth-order valence-corrected chi connectivity index (χ4v) is 4.87. The monoisotopic (exact) mass is 479 g/mol. The first kappa shape index (κ1) is 21.9. The summed E-state index contributed by atoms with van der Waals surface area (Å²) < 4.78 is 23.4. The van der Waals surface area contributed by atoms with Crippen LogP contribution in [0, 0.1) is 0 Å². The number of halogens is 1. The molecule has 1 amide bonds. The summed E-state index contributed by atoms with van der Waals surface area (Å²) in [6.07, 6.45) is 5.43. The third-order valence-corrected chi connectivity index (χ3v) is 7.01. The summed E-state index contributed by atoms with van der Waals surface area (Å²) in [6, 6.07) is 5.07. The van der Waals surface area contributed by atoms with Crippen molar-refractivity contribution in [1.29, 1.82) is 0 Å². The average molecular weight is 480 g/mol. The van der Waals surface area contributed by atoms with Crippen LogP contribution in [0.25, 0.3) is 28.3 Å². The molecule has 35 heavy (non-hydrogen) atoms. The van der Waals surface area contributed by atoms with Gasteiger partial charge in [-0.2, -0.15) is 9.61 Å². The van der Waals surface area contributed by atoms with Crippen molar-refractivity contribution in [2.24, 2.45) is 0 Å². The molecule has 4 atom stereocenters. The summed E-state index contributed by atoms with van der Waals surface area (Å²) in [7, 11) is 1.77. The molecule has 1 aliphatic carbocycles. The van der Waals surface area contributed by atoms with E-state index in [2.05, 4.69) is 20.7 Å². The Morgan fingerprint density at radius 2 is 2.14 bits per heavy atom. The third kappa shape index (κ3) is 3.62. The summed E-state index contributed by atoms with van der Waals surface area (Å²) in [5.41, 5.74) is 2.95. The van der Waals surface area contributed by atoms with Gasteiger partial charge in [-0.1, -0.05) is 0 Å². The van der Waals surface area contributed by atoms with E-state index in [1.165, 1.54) is 6.20 Å². The van der Waals surface area contributed by atoms with Crippen molar-refractivity contribution in [1.82, 2.24) is 29.5 Å². The SMILES string of the molecule is CNc1cc(-c2cnc3n(C4CCOC[C@H]4F)cccc2-3)nc2c(C(=O)N[C@H]3CC[C@H]3O)cnn12. The predicted octanol–water partition coefficient (Wildman–Crippen LogP) is 2.29. The minimum atomic E-state index is -1.10. The van der Waals surface area contributed by atoms with E-state index in [9.17, 15) is 14.3 Å². The Kier molecular flexibility index (Phi) is 5.37. The molecule has 3 N–H and O–H groups in total. The molecule has 3 aliphatic heterocycles. The Morgan fingerprint density at radius 1 is 1.26 bits per heavy atom. The first-order chi connectivity index (χ1) is 17.0. The maximum atomic E-state index is 14.6. The Labute approximate surface area is 200 Å². The van der Waals surface area contributed by atoms with Crippen LogP contribution in [-0.4, -0.2) is 73.7 Å². The highest BCUT2D eigenvalue weighted by atomic mass is 19.1. The number of aliphatic hydroxyl groups excluding tert-OH is 1. The summed E-state index contributed by atoms with van der Waals surface area (Å²) >= 11 is 0. The highest BCUT2D eigenvalue weighted by Gasteiger charge is 2.32. The fraction of sp³-hybridized carbons (Fsp3) is 0.417. The summed E-state index contributed by atoms with van der Waals surface area (Å²) in [5, 5.41) is 20.2. The number of nitrogens with zero attached hydrogens (tertiary/aromatic N) is 5. The molecule has 0 spiro atoms. The summed E-state index contributed by atoms with van der Waals surface area (Å²) in [6.45, 7) is 0.588. The Hall–Kier alpha value is -3.57. The van der Waals surface area contributed by atoms with Crippen LogP contribution >= 0.6 is 0 Å². The Bertz CT molecular complexity index is 1370. The van der Waals surface area contributed by atoms with Crippen molar-refractivity contribution in [2.75, 3.05) is 25.6 Å². The first-order valence-electron chi connectivity index (χ1n) is 11.8. The quantitative estimate of drug-likeness (QED) is 0.402. The van der Waals surface area contributed by atoms with Crippen LogP contribution in [0.2, 0.25) is 0 Å². The van der Waals surface area contributed by atoms with E-state index in [4.69, 9.17) is 9.72 Å². The number of aromatic nitrogens is 5. The number of hydrogen-bond acceptors (Lipinski definition) is 7. The second-order valence-electron chi connectivity index (χ2n) is 9.07. The lowest BCUT2D eigenvalue weighted by Crippen LogP contribution is -2.50. The van der Waals surface area contributed by atoms with Gasteiger partial charge >= 0.3 is 0 Å². The van der Waals surface area contributed by atoms with Gasteiger partial charge in [0.15, 0.2) is 5.65 Å². The standard InChI is InChI=1S/C24H26FN7O3/c1-26-21-9-18(29-23-15(11-28-32(21)23)24(34)30-17-4-5-20(17)33)14-10-27-22-13(14)3-2-7-31(22)19-6-8-35-12-16(19)25/h2-3,7,9-11,16-17,19-20,26,33H,4-6,8,12H2,1H3,(H,30,34)/t16-,17+,19?,20-/m1/s1. The smallest absolute Gasteiger partial charge is 0.257 e. The van der Waals surface area contributed by atoms with Gasteiger partial charge in [0.25, 0.3) is 5.91 Å². The van der Waals surface area contributed by atoms with Crippen molar-refractivity contribution in [3.8, 4) is 22.6 Å². The molecule has 0 bridgehead atoms. The van der Waals surface area contributed by atoms with Gasteiger partial charge in [-0.25, -0.2) is 14.4 Å². The van der Waals surface area contributed by atoms with E-state index in [0.29, 0.717) is 48.0 Å². The van der Waals surface area contributed by atoms with Crippen molar-refractivity contribution in [2.45, 2.75) is 43.6 Å². The second-order valence-corrected chi connectivity index (χ2v) is 9.07. The fourth-order valence-electron chi connectivity index (χ4n) is 4.87. The van der Waals surface area contributed by atoms with Crippen molar-refractivity contribution < 1.29 is 19.0 Å². The van der Waals surface area contributed by atoms with Gasteiger partial charge in [-0.15, -0.1) is 0 Å². The molecule has 0 radical (unpaired) electrons. The predicted molar refractivity (Wildman–Crippen MR) is 126 cm³/mol. The number of fused-ring (bicyclic) bond motifs is 2. The van der Waals surface area contributed by atoms with Crippen LogP contribution in [-0.2, 0) is 4.74 Å². The zero-order valence-electron chi connectivity index (χ0n) is 19.2. The van der Waals surface area contributed by atoms with E-state index in [0.717, 1.165) is 17.5 Å². The minimum Gasteiger partial charge on any atom is -0.391 e. The zero-order valence-corrected chi connectivity index (χ0v) is 19.2. The van der Waals surface area contributed by atoms with Crippen LogP contribution in [0.5, 0.6) is 0 Å². The van der Waals surface area contributed by atoms with E-state index in [-0.39, 0.29) is 24.6 Å². The number of amides is 1. The summed E-state index contributed by atoms with van der Waals surface area (Å²) in [5.74, 6) is 1.00. The van der Waals surface area contributed by atoms with Crippen LogP contribution in [0.4, 0.5) is 10.2 Å². The number of carbonyl (C=O) groups excluding carboxylic acids is 1. The topological polar surface area (TPSA) is 119 Å². The number of nitrogens with one attached hydrogen (secondary N) is 2. The van der Waals surface area contributed by atoms with E-state index in [1.807, 2.05) is 29.0 Å². The maximum absolute atomic E-state index is 14.6. The lowest BCUT2D eigenvalue weighted by Gasteiger charge is -2.32. The number of alkyl halides is 1. The number of hydrogen-bond donors (Lipinski definition) is 3. The molecular formula is C24H26FN7O3. The van der Waals surface area contributed by atoms with Gasteiger partial charge in [0.1, 0.15) is 23.4 Å². The number of carbonyl (C=O) groups is 1. The number of aliphatic hydroxyl groups is 1. The maximum Gasteiger partial charge on any atom is 0.257 e. The molecule has 2 aromatic rings. The molecule has 5 heterocycles. The van der Waals surface area contributed by atoms with Crippen LogP contribution < -0.4 is 10.6 Å². The molecule has 1 saturated heterocycles. The van der Waals surface area contributed by atoms with Crippen molar-refractivity contribution >= 4 is 17.4 Å². The number of pyridine rings is 1. The Morgan fingerprint density at radius 3 is 2.89 bits per heavy atom. The van der Waals surface area contributed by atoms with E-state index >= 15 is 0 Å². The van der Waals surface area contributed by atoms with Gasteiger partial charge in [0, 0.05) is 43.2 Å². The van der Waals surface area contributed by atoms with Gasteiger partial charge in [-0.3, -0.25) is 4.79 Å². The third-order valence-electron chi connectivity index (χ3n) is 7.01. The first-order valence-corrected chi connectivity index (χ1v) is 11.8. The molecule has 1 saturated carbocycles. The van der Waals surface area contributed by atoms with Crippen LogP contribution in [0.3, 0.4) is 0 Å². The molecule has 0 aromatic carbocycles. The lowest BCUT2D eigenvalue weighted by atomic mass is 9.89. The van der Waals surface area contributed by atoms with Gasteiger partial charge < -0.3 is 25.0 Å². The molecule has 10 nitrogen and oxygen atoms in total. The van der Waals surface area contributed by atoms with Gasteiger partial charge in [0.05, 0.1) is 36.7 Å². The lowest BCUT2D eigenvalue weighted by molar-refractivity contribution is 0.00346. The van der Waals surface area contributed by atoms with Crippen LogP contribution in [0.15, 0.2) is 36.8 Å². The normalized spacial score (nSPS) is 24.4. The highest BCUT2D eigenvalue weighted by Crippen LogP contribution is 2.37. The molecule has 1 unspecified atom stereocenters. The molecule has 2 aromatic heterocycles. The minimum absolute atomic E-state index is 0.0787. The zero-order chi connectivity index (χ0) is 24.1. The largest absolute Gasteiger partial charge is 0.391 e. The number of rotatable bonds is 5. The van der Waals surface area contributed by atoms with Gasteiger partial charge in [0.2, 0.25) is 0 Å². The van der Waals surface area contributed by atoms with E-state index in [1.54, 1.807) is 17.8 Å². The van der Waals surface area contributed by atoms with E-state index < -0.39 is 12.3 Å². The molecule has 4 aliphatic rings. The Balaban J connectivity index is 1.40. The highest BCUT2D eigenvalue weighted by molar-refractivity contribution is 6.00. The second kappa shape index (κ2) is 8.58. The average Bonchev–Trinajstić information content (AvgIpc) is 3.50.